The van der Waals surface area contributed by atoms with E-state index in [1.165, 1.54) is 13.3 Å². The van der Waals surface area contributed by atoms with Gasteiger partial charge in [-0.25, -0.2) is 4.98 Å². The van der Waals surface area contributed by atoms with E-state index in [1.807, 2.05) is 18.2 Å². The van der Waals surface area contributed by atoms with Gasteiger partial charge >= 0.3 is 0 Å². The maximum atomic E-state index is 13.3. The molecule has 6 nitrogen and oxygen atoms in total. The van der Waals surface area contributed by atoms with Crippen LogP contribution in [0.5, 0.6) is 5.88 Å². The van der Waals surface area contributed by atoms with Crippen LogP contribution in [0.1, 0.15) is 26.4 Å². The summed E-state index contributed by atoms with van der Waals surface area (Å²) in [6.45, 7) is 0. The van der Waals surface area contributed by atoms with Crippen LogP contribution >= 0.6 is 23.2 Å². The molecule has 0 spiro atoms. The zero-order chi connectivity index (χ0) is 22.7. The van der Waals surface area contributed by atoms with Gasteiger partial charge in [-0.3, -0.25) is 9.59 Å². The van der Waals surface area contributed by atoms with E-state index >= 15 is 0 Å². The number of ether oxygens (including phenoxy) is 1. The number of fused-ring (bicyclic) bond motifs is 1. The SMILES string of the molecule is COc1ccc(C(=O)[C@H](Cc2ccccc2Cl)NC(=O)c2cc3cc(Cl)ccc3[nH]2)cn1. The summed E-state index contributed by atoms with van der Waals surface area (Å²) in [4.78, 5) is 33.5. The van der Waals surface area contributed by atoms with Crippen molar-refractivity contribution in [1.82, 2.24) is 15.3 Å². The van der Waals surface area contributed by atoms with Crippen molar-refractivity contribution in [2.24, 2.45) is 0 Å². The number of carbonyl (C=O) groups excluding carboxylic acids is 2. The van der Waals surface area contributed by atoms with Gasteiger partial charge in [0.05, 0.1) is 13.2 Å². The molecule has 0 aliphatic rings. The second-order valence-corrected chi connectivity index (χ2v) is 8.03. The van der Waals surface area contributed by atoms with E-state index in [0.717, 1.165) is 16.5 Å². The Hall–Kier alpha value is -3.35. The Kier molecular flexibility index (Phi) is 6.44. The molecule has 0 saturated heterocycles. The fourth-order valence-corrected chi connectivity index (χ4v) is 3.80. The lowest BCUT2D eigenvalue weighted by Crippen LogP contribution is -2.42. The lowest BCUT2D eigenvalue weighted by Gasteiger charge is -2.18. The van der Waals surface area contributed by atoms with Crippen LogP contribution in [-0.4, -0.2) is 34.8 Å². The molecule has 0 saturated carbocycles. The molecule has 2 N–H and O–H groups in total. The number of pyridine rings is 1. The first kappa shape index (κ1) is 21.9. The standard InChI is InChI=1S/C24H19Cl2N3O3/c1-32-22-9-6-15(13-27-22)23(30)20(11-14-4-2-3-5-18(14)26)29-24(31)21-12-16-10-17(25)7-8-19(16)28-21/h2-10,12-13,20,28H,11H2,1H3,(H,29,31)/t20-/m0/s1. The largest absolute Gasteiger partial charge is 0.481 e. The van der Waals surface area contributed by atoms with Crippen molar-refractivity contribution in [2.75, 3.05) is 7.11 Å². The van der Waals surface area contributed by atoms with E-state index in [0.29, 0.717) is 27.2 Å². The van der Waals surface area contributed by atoms with Gasteiger partial charge in [0.25, 0.3) is 5.91 Å². The maximum absolute atomic E-state index is 13.3. The summed E-state index contributed by atoms with van der Waals surface area (Å²) in [5.74, 6) is -0.304. The number of hydrogen-bond donors (Lipinski definition) is 2. The monoisotopic (exact) mass is 467 g/mol. The molecule has 0 radical (unpaired) electrons. The fourth-order valence-electron chi connectivity index (χ4n) is 3.40. The molecular formula is C24H19Cl2N3O3. The fraction of sp³-hybridized carbons (Fsp3) is 0.125. The second kappa shape index (κ2) is 9.42. The van der Waals surface area contributed by atoms with E-state index in [1.54, 1.807) is 42.5 Å². The molecule has 8 heteroatoms. The van der Waals surface area contributed by atoms with Gasteiger partial charge < -0.3 is 15.0 Å². The molecule has 32 heavy (non-hydrogen) atoms. The second-order valence-electron chi connectivity index (χ2n) is 7.19. The lowest BCUT2D eigenvalue weighted by molar-refractivity contribution is 0.0854. The highest BCUT2D eigenvalue weighted by Gasteiger charge is 2.25. The normalized spacial score (nSPS) is 11.8. The van der Waals surface area contributed by atoms with Gasteiger partial charge in [0.15, 0.2) is 5.78 Å². The Labute approximate surface area is 194 Å². The molecule has 0 unspecified atom stereocenters. The highest BCUT2D eigenvalue weighted by atomic mass is 35.5. The minimum absolute atomic E-state index is 0.225. The van der Waals surface area contributed by atoms with E-state index in [2.05, 4.69) is 15.3 Å². The molecule has 2 heterocycles. The van der Waals surface area contributed by atoms with Crippen LogP contribution in [0, 0.1) is 0 Å². The first-order valence-electron chi connectivity index (χ1n) is 9.81. The number of nitrogens with one attached hydrogen (secondary N) is 2. The van der Waals surface area contributed by atoms with Gasteiger partial charge in [-0.2, -0.15) is 0 Å². The zero-order valence-corrected chi connectivity index (χ0v) is 18.6. The summed E-state index contributed by atoms with van der Waals surface area (Å²) in [5, 5.41) is 4.74. The average molecular weight is 468 g/mol. The summed E-state index contributed by atoms with van der Waals surface area (Å²) in [5.41, 5.74) is 2.20. The number of nitrogens with zero attached hydrogens (tertiary/aromatic N) is 1. The number of benzene rings is 2. The lowest BCUT2D eigenvalue weighted by atomic mass is 9.98. The van der Waals surface area contributed by atoms with Crippen LogP contribution in [0.15, 0.2) is 66.9 Å². The van der Waals surface area contributed by atoms with Crippen LogP contribution in [-0.2, 0) is 6.42 Å². The average Bonchev–Trinajstić information content (AvgIpc) is 3.23. The quantitative estimate of drug-likeness (QED) is 0.370. The highest BCUT2D eigenvalue weighted by Crippen LogP contribution is 2.22. The first-order chi connectivity index (χ1) is 15.4. The molecule has 2 aromatic carbocycles. The summed E-state index contributed by atoms with van der Waals surface area (Å²) in [6, 6.07) is 16.6. The van der Waals surface area contributed by atoms with E-state index in [9.17, 15) is 9.59 Å². The predicted octanol–water partition coefficient (Wildman–Crippen LogP) is 5.10. The van der Waals surface area contributed by atoms with Crippen LogP contribution in [0.2, 0.25) is 10.0 Å². The van der Waals surface area contributed by atoms with Crippen molar-refractivity contribution in [2.45, 2.75) is 12.5 Å². The molecule has 162 valence electrons. The van der Waals surface area contributed by atoms with Crippen LogP contribution in [0.3, 0.4) is 0 Å². The number of aromatic amines is 1. The third kappa shape index (κ3) is 4.77. The molecule has 4 rings (SSSR count). The Morgan fingerprint density at radius 2 is 1.91 bits per heavy atom. The number of carbonyl (C=O) groups is 2. The van der Waals surface area contributed by atoms with E-state index in [-0.39, 0.29) is 12.2 Å². The summed E-state index contributed by atoms with van der Waals surface area (Å²) in [7, 11) is 1.50. The van der Waals surface area contributed by atoms with Crippen molar-refractivity contribution < 1.29 is 14.3 Å². The van der Waals surface area contributed by atoms with E-state index < -0.39 is 11.9 Å². The predicted molar refractivity (Wildman–Crippen MR) is 125 cm³/mol. The Morgan fingerprint density at radius 1 is 1.09 bits per heavy atom. The number of Topliss-reactive ketones (excluding diaryl/α,β-unsaturated/α-hetero) is 1. The molecule has 0 fully saturated rings. The van der Waals surface area contributed by atoms with E-state index in [4.69, 9.17) is 27.9 Å². The van der Waals surface area contributed by atoms with Crippen molar-refractivity contribution in [1.29, 1.82) is 0 Å². The molecule has 0 aliphatic heterocycles. The van der Waals surface area contributed by atoms with Gasteiger partial charge in [-0.1, -0.05) is 41.4 Å². The van der Waals surface area contributed by atoms with Crippen molar-refractivity contribution in [3.8, 4) is 5.88 Å². The Morgan fingerprint density at radius 3 is 2.62 bits per heavy atom. The molecule has 0 bridgehead atoms. The van der Waals surface area contributed by atoms with Crippen molar-refractivity contribution in [3.05, 3.63) is 93.7 Å². The molecule has 1 amide bonds. The van der Waals surface area contributed by atoms with Gasteiger partial charge in [0, 0.05) is 45.2 Å². The van der Waals surface area contributed by atoms with Crippen LogP contribution < -0.4 is 10.1 Å². The summed E-state index contributed by atoms with van der Waals surface area (Å²) >= 11 is 12.4. The van der Waals surface area contributed by atoms with Crippen molar-refractivity contribution in [3.63, 3.8) is 0 Å². The number of ketones is 1. The Balaban J connectivity index is 1.63. The number of rotatable bonds is 7. The summed E-state index contributed by atoms with van der Waals surface area (Å²) < 4.78 is 5.06. The van der Waals surface area contributed by atoms with Gasteiger partial charge in [0.1, 0.15) is 5.69 Å². The molecule has 2 aromatic heterocycles. The minimum atomic E-state index is -0.854. The molecule has 1 atom stereocenters. The third-order valence-electron chi connectivity index (χ3n) is 5.06. The number of hydrogen-bond acceptors (Lipinski definition) is 4. The highest BCUT2D eigenvalue weighted by molar-refractivity contribution is 6.31. The molecule has 4 aromatic rings. The number of amides is 1. The molecule has 0 aliphatic carbocycles. The maximum Gasteiger partial charge on any atom is 0.268 e. The third-order valence-corrected chi connectivity index (χ3v) is 5.66. The van der Waals surface area contributed by atoms with Crippen LogP contribution in [0.4, 0.5) is 0 Å². The number of methoxy groups -OCH3 is 1. The number of aromatic nitrogens is 2. The zero-order valence-electron chi connectivity index (χ0n) is 17.1. The minimum Gasteiger partial charge on any atom is -0.481 e. The smallest absolute Gasteiger partial charge is 0.268 e. The Bertz CT molecular complexity index is 1290. The van der Waals surface area contributed by atoms with Gasteiger partial charge in [-0.15, -0.1) is 0 Å². The van der Waals surface area contributed by atoms with Crippen LogP contribution in [0.25, 0.3) is 10.9 Å². The summed E-state index contributed by atoms with van der Waals surface area (Å²) in [6.07, 6.45) is 1.65. The van der Waals surface area contributed by atoms with Gasteiger partial charge in [-0.05, 0) is 42.0 Å². The number of halogens is 2. The first-order valence-corrected chi connectivity index (χ1v) is 10.6. The van der Waals surface area contributed by atoms with Crippen molar-refractivity contribution >= 4 is 45.8 Å². The topological polar surface area (TPSA) is 84.1 Å². The van der Waals surface area contributed by atoms with Gasteiger partial charge in [0.2, 0.25) is 5.88 Å². The number of H-pyrrole nitrogens is 1. The molecular weight excluding hydrogens is 449 g/mol.